The maximum atomic E-state index is 11.6. The van der Waals surface area contributed by atoms with E-state index >= 15 is 0 Å². The predicted molar refractivity (Wildman–Crippen MR) is 54.5 cm³/mol. The Labute approximate surface area is 88.5 Å². The summed E-state index contributed by atoms with van der Waals surface area (Å²) in [6, 6.07) is -0.0770. The van der Waals surface area contributed by atoms with E-state index in [4.69, 9.17) is 9.63 Å². The molecule has 0 spiro atoms. The van der Waals surface area contributed by atoms with Gasteiger partial charge in [0.25, 0.3) is 5.91 Å². The number of hydrogen-bond acceptors (Lipinski definition) is 4. The maximum Gasteiger partial charge on any atom is 0.256 e. The van der Waals surface area contributed by atoms with Gasteiger partial charge < -0.3 is 14.9 Å². The van der Waals surface area contributed by atoms with Gasteiger partial charge in [0.05, 0.1) is 12.3 Å². The Morgan fingerprint density at radius 1 is 1.67 bits per heavy atom. The molecule has 2 N–H and O–H groups in total. The number of rotatable bonds is 4. The van der Waals surface area contributed by atoms with Crippen LogP contribution in [0, 0.1) is 6.92 Å². The molecule has 1 rings (SSSR count). The lowest BCUT2D eigenvalue weighted by molar-refractivity contribution is 0.0921. The molecule has 1 aromatic rings. The normalized spacial score (nSPS) is 14.7. The SMILES string of the molecule is Cc1oncc1C(=O)NC(C)CC(C)O. The van der Waals surface area contributed by atoms with Gasteiger partial charge in [-0.15, -0.1) is 0 Å². The molecule has 2 atom stereocenters. The number of nitrogens with zero attached hydrogens (tertiary/aromatic N) is 1. The zero-order valence-corrected chi connectivity index (χ0v) is 9.15. The Balaban J connectivity index is 2.53. The second-order valence-corrected chi connectivity index (χ2v) is 3.75. The summed E-state index contributed by atoms with van der Waals surface area (Å²) in [4.78, 5) is 11.6. The van der Waals surface area contributed by atoms with Crippen molar-refractivity contribution in [3.8, 4) is 0 Å². The molecule has 0 saturated carbocycles. The van der Waals surface area contributed by atoms with Gasteiger partial charge in [0.15, 0.2) is 0 Å². The summed E-state index contributed by atoms with van der Waals surface area (Å²) >= 11 is 0. The van der Waals surface area contributed by atoms with Crippen LogP contribution in [-0.2, 0) is 0 Å². The average molecular weight is 212 g/mol. The summed E-state index contributed by atoms with van der Waals surface area (Å²) in [5.74, 6) is 0.277. The maximum absolute atomic E-state index is 11.6. The fourth-order valence-corrected chi connectivity index (χ4v) is 1.39. The number of aryl methyl sites for hydroxylation is 1. The van der Waals surface area contributed by atoms with Gasteiger partial charge in [-0.05, 0) is 27.2 Å². The first-order valence-electron chi connectivity index (χ1n) is 4.91. The van der Waals surface area contributed by atoms with Crippen LogP contribution in [0.1, 0.15) is 36.4 Å². The Morgan fingerprint density at radius 2 is 2.33 bits per heavy atom. The smallest absolute Gasteiger partial charge is 0.256 e. The molecular weight excluding hydrogens is 196 g/mol. The topological polar surface area (TPSA) is 75.4 Å². The van der Waals surface area contributed by atoms with Crippen molar-refractivity contribution in [2.75, 3.05) is 0 Å². The minimum absolute atomic E-state index is 0.0770. The summed E-state index contributed by atoms with van der Waals surface area (Å²) < 4.78 is 4.79. The molecule has 1 heterocycles. The van der Waals surface area contributed by atoms with Crippen molar-refractivity contribution in [3.63, 3.8) is 0 Å². The van der Waals surface area contributed by atoms with Crippen molar-refractivity contribution < 1.29 is 14.4 Å². The zero-order chi connectivity index (χ0) is 11.4. The molecule has 84 valence electrons. The fraction of sp³-hybridized carbons (Fsp3) is 0.600. The van der Waals surface area contributed by atoms with E-state index in [0.717, 1.165) is 0 Å². The lowest BCUT2D eigenvalue weighted by Crippen LogP contribution is -2.34. The molecule has 0 aliphatic rings. The number of amides is 1. The van der Waals surface area contributed by atoms with E-state index in [2.05, 4.69) is 10.5 Å². The molecule has 1 aromatic heterocycles. The Hall–Kier alpha value is -1.36. The third-order valence-electron chi connectivity index (χ3n) is 2.07. The molecular formula is C10H16N2O3. The second-order valence-electron chi connectivity index (χ2n) is 3.75. The van der Waals surface area contributed by atoms with Crippen LogP contribution in [-0.4, -0.2) is 28.3 Å². The summed E-state index contributed by atoms with van der Waals surface area (Å²) in [6.45, 7) is 5.21. The number of hydrogen-bond donors (Lipinski definition) is 2. The minimum Gasteiger partial charge on any atom is -0.393 e. The van der Waals surface area contributed by atoms with Crippen LogP contribution in [0.4, 0.5) is 0 Å². The molecule has 0 aliphatic heterocycles. The largest absolute Gasteiger partial charge is 0.393 e. The van der Waals surface area contributed by atoms with Crippen LogP contribution in [0.5, 0.6) is 0 Å². The van der Waals surface area contributed by atoms with Crippen LogP contribution >= 0.6 is 0 Å². The van der Waals surface area contributed by atoms with E-state index in [1.54, 1.807) is 13.8 Å². The standard InChI is InChI=1S/C10H16N2O3/c1-6(4-7(2)13)12-10(14)9-5-11-15-8(9)3/h5-7,13H,4H2,1-3H3,(H,12,14). The van der Waals surface area contributed by atoms with Gasteiger partial charge in [0, 0.05) is 6.04 Å². The van der Waals surface area contributed by atoms with Gasteiger partial charge in [-0.25, -0.2) is 0 Å². The highest BCUT2D eigenvalue weighted by atomic mass is 16.5. The van der Waals surface area contributed by atoms with Crippen LogP contribution in [0.25, 0.3) is 0 Å². The van der Waals surface area contributed by atoms with Crippen molar-refractivity contribution >= 4 is 5.91 Å². The Morgan fingerprint density at radius 3 is 2.80 bits per heavy atom. The highest BCUT2D eigenvalue weighted by molar-refractivity contribution is 5.94. The first-order valence-corrected chi connectivity index (χ1v) is 4.91. The van der Waals surface area contributed by atoms with Crippen LogP contribution in [0.3, 0.4) is 0 Å². The van der Waals surface area contributed by atoms with Gasteiger partial charge in [-0.3, -0.25) is 4.79 Å². The van der Waals surface area contributed by atoms with Gasteiger partial charge in [0.2, 0.25) is 0 Å². The number of aliphatic hydroxyl groups is 1. The highest BCUT2D eigenvalue weighted by Crippen LogP contribution is 2.06. The average Bonchev–Trinajstić information content (AvgIpc) is 2.49. The molecule has 5 nitrogen and oxygen atoms in total. The molecule has 0 radical (unpaired) electrons. The summed E-state index contributed by atoms with van der Waals surface area (Å²) in [6.07, 6.45) is 1.49. The van der Waals surface area contributed by atoms with Crippen molar-refractivity contribution in [2.24, 2.45) is 0 Å². The number of carbonyl (C=O) groups is 1. The lowest BCUT2D eigenvalue weighted by atomic mass is 10.1. The molecule has 15 heavy (non-hydrogen) atoms. The Kier molecular flexibility index (Phi) is 3.85. The number of aliphatic hydroxyl groups excluding tert-OH is 1. The van der Waals surface area contributed by atoms with E-state index in [1.807, 2.05) is 6.92 Å². The molecule has 0 aliphatic carbocycles. The van der Waals surface area contributed by atoms with Crippen molar-refractivity contribution in [2.45, 2.75) is 39.3 Å². The van der Waals surface area contributed by atoms with Crippen molar-refractivity contribution in [3.05, 3.63) is 17.5 Å². The number of aromatic nitrogens is 1. The first kappa shape index (κ1) is 11.7. The number of carbonyl (C=O) groups excluding carboxylic acids is 1. The van der Waals surface area contributed by atoms with Crippen LogP contribution in [0.15, 0.2) is 10.7 Å². The van der Waals surface area contributed by atoms with Gasteiger partial charge in [-0.2, -0.15) is 0 Å². The fourth-order valence-electron chi connectivity index (χ4n) is 1.39. The first-order chi connectivity index (χ1) is 7.00. The monoisotopic (exact) mass is 212 g/mol. The van der Waals surface area contributed by atoms with Crippen LogP contribution in [0.2, 0.25) is 0 Å². The highest BCUT2D eigenvalue weighted by Gasteiger charge is 2.15. The minimum atomic E-state index is -0.427. The third kappa shape index (κ3) is 3.36. The van der Waals surface area contributed by atoms with E-state index in [1.165, 1.54) is 6.20 Å². The molecule has 1 amide bonds. The predicted octanol–water partition coefficient (Wildman–Crippen LogP) is 0.872. The summed E-state index contributed by atoms with van der Waals surface area (Å²) in [5, 5.41) is 15.4. The summed E-state index contributed by atoms with van der Waals surface area (Å²) in [7, 11) is 0. The van der Waals surface area contributed by atoms with E-state index in [9.17, 15) is 4.79 Å². The molecule has 0 saturated heterocycles. The number of nitrogens with one attached hydrogen (secondary N) is 1. The molecule has 0 fully saturated rings. The molecule has 0 bridgehead atoms. The van der Waals surface area contributed by atoms with Crippen molar-refractivity contribution in [1.29, 1.82) is 0 Å². The van der Waals surface area contributed by atoms with Gasteiger partial charge in [-0.1, -0.05) is 5.16 Å². The van der Waals surface area contributed by atoms with E-state index < -0.39 is 6.10 Å². The van der Waals surface area contributed by atoms with Gasteiger partial charge >= 0.3 is 0 Å². The molecule has 5 heteroatoms. The van der Waals surface area contributed by atoms with Crippen molar-refractivity contribution in [1.82, 2.24) is 10.5 Å². The van der Waals surface area contributed by atoms with E-state index in [-0.39, 0.29) is 11.9 Å². The van der Waals surface area contributed by atoms with Gasteiger partial charge in [0.1, 0.15) is 11.3 Å². The quantitative estimate of drug-likeness (QED) is 0.776. The zero-order valence-electron chi connectivity index (χ0n) is 9.15. The second kappa shape index (κ2) is 4.93. The lowest BCUT2D eigenvalue weighted by Gasteiger charge is -2.14. The van der Waals surface area contributed by atoms with Crippen LogP contribution < -0.4 is 5.32 Å². The Bertz CT molecular complexity index is 333. The molecule has 2 unspecified atom stereocenters. The third-order valence-corrected chi connectivity index (χ3v) is 2.07. The van der Waals surface area contributed by atoms with E-state index in [0.29, 0.717) is 17.7 Å². The summed E-state index contributed by atoms with van der Waals surface area (Å²) in [5.41, 5.74) is 0.437. The molecule has 0 aromatic carbocycles.